The first-order valence-corrected chi connectivity index (χ1v) is 16.8. The lowest BCUT2D eigenvalue weighted by Gasteiger charge is -2.33. The van der Waals surface area contributed by atoms with Crippen LogP contribution in [0.2, 0.25) is 0 Å². The number of nitriles is 1. The number of nitrogens with zero attached hydrogens (tertiary/aromatic N) is 7. The van der Waals surface area contributed by atoms with Gasteiger partial charge >= 0.3 is 6.18 Å². The highest BCUT2D eigenvalue weighted by molar-refractivity contribution is 6.00. The molecule has 11 nitrogen and oxygen atoms in total. The van der Waals surface area contributed by atoms with E-state index in [1.54, 1.807) is 36.5 Å². The number of hydrogen-bond acceptors (Lipinski definition) is 6. The summed E-state index contributed by atoms with van der Waals surface area (Å²) < 4.78 is 51.4. The molecule has 3 heterocycles. The van der Waals surface area contributed by atoms with Gasteiger partial charge in [0.2, 0.25) is 0 Å². The molecule has 1 N–H and O–H groups in total. The van der Waals surface area contributed by atoms with E-state index in [-0.39, 0.29) is 28.9 Å². The van der Waals surface area contributed by atoms with Crippen LogP contribution in [-0.4, -0.2) is 61.7 Å². The van der Waals surface area contributed by atoms with Crippen LogP contribution in [0.1, 0.15) is 51.9 Å². The van der Waals surface area contributed by atoms with E-state index >= 15 is 0 Å². The summed E-state index contributed by atoms with van der Waals surface area (Å²) in [4.78, 5) is 32.4. The fourth-order valence-corrected chi connectivity index (χ4v) is 6.21. The summed E-state index contributed by atoms with van der Waals surface area (Å²) in [6.07, 6.45) is -0.347. The summed E-state index contributed by atoms with van der Waals surface area (Å²) >= 11 is 0. The second kappa shape index (κ2) is 14.8. The minimum atomic E-state index is -4.64. The molecule has 1 fully saturated rings. The molecular formula is C39H38F3N8O3+. The topological polar surface area (TPSA) is 124 Å². The molecule has 1 aliphatic carbocycles. The number of hydrogen-bond donors (Lipinski definition) is 1. The number of amides is 1. The SMILES string of the molecule is Cn1c(-c2ccnn2-c2ccc(C#N)cc2)c(C(=O)NC2CC(c3ncc(C[N+](C)(C)C)o3)C2)c(=O)n1-c1cccc(C(F)(F)F)c1.c1ccccc1. The second-order valence-corrected chi connectivity index (χ2v) is 13.8. The van der Waals surface area contributed by atoms with Crippen LogP contribution in [0.3, 0.4) is 0 Å². The van der Waals surface area contributed by atoms with Crippen molar-refractivity contribution in [3.63, 3.8) is 0 Å². The lowest BCUT2D eigenvalue weighted by Crippen LogP contribution is -2.44. The molecule has 3 aromatic carbocycles. The van der Waals surface area contributed by atoms with Crippen LogP contribution in [0.25, 0.3) is 22.8 Å². The first-order chi connectivity index (χ1) is 25.2. The number of halogens is 3. The molecule has 0 unspecified atom stereocenters. The Balaban J connectivity index is 0.000000729. The number of quaternary nitrogens is 1. The highest BCUT2D eigenvalue weighted by Crippen LogP contribution is 2.37. The maximum atomic E-state index is 14.0. The van der Waals surface area contributed by atoms with E-state index in [2.05, 4.69) is 21.5 Å². The number of carbonyl (C=O) groups excluding carboxylic acids is 1. The Kier molecular flexibility index (Phi) is 10.2. The number of carbonyl (C=O) groups is 1. The van der Waals surface area contributed by atoms with Crippen molar-refractivity contribution < 1.29 is 26.9 Å². The number of alkyl halides is 3. The second-order valence-electron chi connectivity index (χ2n) is 13.8. The van der Waals surface area contributed by atoms with E-state index in [0.29, 0.717) is 46.7 Å². The summed E-state index contributed by atoms with van der Waals surface area (Å²) in [6, 6.07) is 26.3. The molecule has 0 spiro atoms. The molecular weight excluding hydrogens is 685 g/mol. The van der Waals surface area contributed by atoms with Crippen molar-refractivity contribution in [2.24, 2.45) is 7.05 Å². The van der Waals surface area contributed by atoms with Crippen molar-refractivity contribution in [3.05, 3.63) is 142 Å². The zero-order valence-corrected chi connectivity index (χ0v) is 29.6. The summed E-state index contributed by atoms with van der Waals surface area (Å²) in [5.41, 5.74) is -0.554. The van der Waals surface area contributed by atoms with Crippen LogP contribution >= 0.6 is 0 Å². The molecule has 14 heteroatoms. The maximum Gasteiger partial charge on any atom is 0.416 e. The van der Waals surface area contributed by atoms with Crippen molar-refractivity contribution >= 4 is 5.91 Å². The third-order valence-electron chi connectivity index (χ3n) is 8.73. The Morgan fingerprint density at radius 2 is 1.64 bits per heavy atom. The zero-order valence-electron chi connectivity index (χ0n) is 29.6. The van der Waals surface area contributed by atoms with Crippen LogP contribution in [0, 0.1) is 11.3 Å². The first kappa shape index (κ1) is 36.6. The summed E-state index contributed by atoms with van der Waals surface area (Å²) in [7, 11) is 7.65. The molecule has 3 aromatic heterocycles. The number of rotatable bonds is 8. The molecule has 7 rings (SSSR count). The lowest BCUT2D eigenvalue weighted by atomic mass is 9.80. The Morgan fingerprint density at radius 1 is 0.981 bits per heavy atom. The predicted molar refractivity (Wildman–Crippen MR) is 191 cm³/mol. The van der Waals surface area contributed by atoms with Gasteiger partial charge in [0.25, 0.3) is 11.5 Å². The molecule has 0 bridgehead atoms. The van der Waals surface area contributed by atoms with Crippen LogP contribution in [0.15, 0.2) is 113 Å². The Labute approximate surface area is 303 Å². The fourth-order valence-electron chi connectivity index (χ4n) is 6.21. The number of aromatic nitrogens is 5. The fraction of sp³-hybridized carbons (Fsp3) is 0.256. The van der Waals surface area contributed by atoms with E-state index < -0.39 is 23.2 Å². The smallest absolute Gasteiger partial charge is 0.416 e. The number of benzene rings is 3. The van der Waals surface area contributed by atoms with Gasteiger partial charge in [0.15, 0.2) is 11.7 Å². The molecule has 0 saturated heterocycles. The van der Waals surface area contributed by atoms with Crippen molar-refractivity contribution in [2.75, 3.05) is 21.1 Å². The average molecular weight is 724 g/mol. The van der Waals surface area contributed by atoms with Crippen molar-refractivity contribution in [1.29, 1.82) is 5.26 Å². The van der Waals surface area contributed by atoms with Gasteiger partial charge in [-0.2, -0.15) is 23.5 Å². The van der Waals surface area contributed by atoms with Crippen LogP contribution in [0.4, 0.5) is 13.2 Å². The minimum Gasteiger partial charge on any atom is -0.439 e. The van der Waals surface area contributed by atoms with E-state index in [0.717, 1.165) is 22.6 Å². The molecule has 6 aromatic rings. The lowest BCUT2D eigenvalue weighted by molar-refractivity contribution is -0.884. The number of oxazole rings is 1. The van der Waals surface area contributed by atoms with Crippen LogP contribution in [0.5, 0.6) is 0 Å². The molecule has 1 amide bonds. The van der Waals surface area contributed by atoms with Gasteiger partial charge in [-0.15, -0.1) is 0 Å². The quantitative estimate of drug-likeness (QED) is 0.180. The normalized spacial score (nSPS) is 15.5. The summed E-state index contributed by atoms with van der Waals surface area (Å²) in [5, 5.41) is 16.5. The van der Waals surface area contributed by atoms with Crippen molar-refractivity contribution in [1.82, 2.24) is 29.4 Å². The van der Waals surface area contributed by atoms with Gasteiger partial charge in [0.1, 0.15) is 17.8 Å². The minimum absolute atomic E-state index is 0.00339. The Hall–Kier alpha value is -6.20. The molecule has 53 heavy (non-hydrogen) atoms. The van der Waals surface area contributed by atoms with Crippen molar-refractivity contribution in [3.8, 4) is 28.8 Å². The van der Waals surface area contributed by atoms with E-state index in [4.69, 9.17) is 4.42 Å². The highest BCUT2D eigenvalue weighted by atomic mass is 19.4. The summed E-state index contributed by atoms with van der Waals surface area (Å²) in [6.45, 7) is 0.674. The third-order valence-corrected chi connectivity index (χ3v) is 8.73. The molecule has 272 valence electrons. The van der Waals surface area contributed by atoms with Gasteiger partial charge in [-0.1, -0.05) is 42.5 Å². The number of nitrogens with one attached hydrogen (secondary N) is 1. The zero-order chi connectivity index (χ0) is 37.9. The van der Waals surface area contributed by atoms with Crippen LogP contribution in [-0.2, 0) is 19.8 Å². The Morgan fingerprint density at radius 3 is 2.25 bits per heavy atom. The maximum absolute atomic E-state index is 14.0. The van der Waals surface area contributed by atoms with Gasteiger partial charge in [-0.25, -0.2) is 14.3 Å². The standard InChI is InChI=1S/C33H31F3N8O3.C6H6/c1-41-29(27-12-13-39-42(27)24-10-8-20(17-37)9-11-24)28(32(46)43(41)25-7-5-6-22(16-25)33(34,35)36)30(45)40-23-14-21(15-23)31-38-18-26(47-31)19-44(2,3)4;1-2-4-6-5-3-1/h5-13,16,18,21,23H,14-15,19H2,1-4H3;1-6H/p+1. The largest absolute Gasteiger partial charge is 0.439 e. The first-order valence-electron chi connectivity index (χ1n) is 16.8. The Bertz CT molecular complexity index is 2270. The van der Waals surface area contributed by atoms with E-state index in [9.17, 15) is 28.0 Å². The molecule has 0 radical (unpaired) electrons. The molecule has 0 aliphatic heterocycles. The average Bonchev–Trinajstić information content (AvgIpc) is 3.84. The molecule has 0 atom stereocenters. The molecule has 1 saturated carbocycles. The van der Waals surface area contributed by atoms with Gasteiger partial charge in [0, 0.05) is 19.0 Å². The van der Waals surface area contributed by atoms with Gasteiger partial charge < -0.3 is 14.2 Å². The predicted octanol–water partition coefficient (Wildman–Crippen LogP) is 6.48. The van der Waals surface area contributed by atoms with Crippen molar-refractivity contribution in [2.45, 2.75) is 37.5 Å². The van der Waals surface area contributed by atoms with E-state index in [1.165, 1.54) is 34.7 Å². The molecule has 1 aliphatic rings. The third kappa shape index (κ3) is 8.15. The van der Waals surface area contributed by atoms with Gasteiger partial charge in [-0.05, 0) is 61.4 Å². The van der Waals surface area contributed by atoms with Gasteiger partial charge in [0.05, 0.1) is 67.8 Å². The van der Waals surface area contributed by atoms with Gasteiger partial charge in [-0.3, -0.25) is 14.3 Å². The summed E-state index contributed by atoms with van der Waals surface area (Å²) in [5.74, 6) is 0.692. The van der Waals surface area contributed by atoms with Crippen LogP contribution < -0.4 is 10.9 Å². The monoisotopic (exact) mass is 723 g/mol. The van der Waals surface area contributed by atoms with E-state index in [1.807, 2.05) is 57.5 Å². The highest BCUT2D eigenvalue weighted by Gasteiger charge is 2.37.